The van der Waals surface area contributed by atoms with Gasteiger partial charge in [-0.15, -0.1) is 0 Å². The molecule has 0 aliphatic carbocycles. The summed E-state index contributed by atoms with van der Waals surface area (Å²) >= 11 is 0. The molecule has 0 saturated carbocycles. The van der Waals surface area contributed by atoms with Crippen molar-refractivity contribution in [3.05, 3.63) is 54.4 Å². The maximum atomic E-state index is 12.3. The van der Waals surface area contributed by atoms with Gasteiger partial charge in [0.15, 0.2) is 23.7 Å². The van der Waals surface area contributed by atoms with Crippen LogP contribution in [0.5, 0.6) is 5.75 Å². The van der Waals surface area contributed by atoms with Crippen LogP contribution in [0.2, 0.25) is 0 Å². The van der Waals surface area contributed by atoms with E-state index in [4.69, 9.17) is 28.9 Å². The van der Waals surface area contributed by atoms with Gasteiger partial charge in [0.25, 0.3) is 0 Å². The van der Waals surface area contributed by atoms with E-state index in [1.54, 1.807) is 30.5 Å². The second-order valence-corrected chi connectivity index (χ2v) is 8.17. The maximum absolute atomic E-state index is 12.3. The molecule has 0 atom stereocenters. The molecule has 1 aromatic carbocycles. The SMILES string of the molecule is CCOc1c(C2OC(C)O2)nc(-c2ccc(NC(=O)Nc3ccccc3)nc2)nc1N1CCOCC1. The molecule has 2 aromatic heterocycles. The first kappa shape index (κ1) is 23.9. The monoisotopic (exact) mass is 492 g/mol. The number of hydrogen-bond acceptors (Lipinski definition) is 9. The summed E-state index contributed by atoms with van der Waals surface area (Å²) in [5.41, 5.74) is 1.90. The lowest BCUT2D eigenvalue weighted by Gasteiger charge is -2.35. The zero-order valence-electron chi connectivity index (χ0n) is 20.1. The molecule has 2 N–H and O–H groups in total. The maximum Gasteiger partial charge on any atom is 0.324 e. The van der Waals surface area contributed by atoms with Crippen molar-refractivity contribution in [2.75, 3.05) is 48.4 Å². The van der Waals surface area contributed by atoms with Gasteiger partial charge in [-0.05, 0) is 38.1 Å². The Morgan fingerprint density at radius 3 is 2.53 bits per heavy atom. The van der Waals surface area contributed by atoms with Crippen LogP contribution < -0.4 is 20.3 Å². The summed E-state index contributed by atoms with van der Waals surface area (Å²) in [7, 11) is 0. The molecule has 3 aromatic rings. The molecule has 2 saturated heterocycles. The number of anilines is 3. The molecule has 4 heterocycles. The van der Waals surface area contributed by atoms with Crippen molar-refractivity contribution in [1.29, 1.82) is 0 Å². The van der Waals surface area contributed by atoms with E-state index >= 15 is 0 Å². The number of carbonyl (C=O) groups excluding carboxylic acids is 1. The van der Waals surface area contributed by atoms with Crippen molar-refractivity contribution in [1.82, 2.24) is 15.0 Å². The third-order valence-corrected chi connectivity index (χ3v) is 5.62. The summed E-state index contributed by atoms with van der Waals surface area (Å²) in [6.45, 7) is 6.73. The van der Waals surface area contributed by atoms with E-state index in [0.717, 1.165) is 0 Å². The fourth-order valence-electron chi connectivity index (χ4n) is 3.90. The number of urea groups is 1. The minimum Gasteiger partial charge on any atom is -0.488 e. The number of benzene rings is 1. The van der Waals surface area contributed by atoms with E-state index in [1.165, 1.54) is 0 Å². The second-order valence-electron chi connectivity index (χ2n) is 8.17. The molecule has 2 aliphatic rings. The molecule has 0 spiro atoms. The van der Waals surface area contributed by atoms with E-state index in [2.05, 4.69) is 20.5 Å². The van der Waals surface area contributed by atoms with Crippen molar-refractivity contribution in [2.45, 2.75) is 26.4 Å². The van der Waals surface area contributed by atoms with Crippen LogP contribution in [0, 0.1) is 0 Å². The van der Waals surface area contributed by atoms with E-state index in [-0.39, 0.29) is 12.3 Å². The minimum atomic E-state index is -0.640. The molecule has 2 aliphatic heterocycles. The van der Waals surface area contributed by atoms with Crippen molar-refractivity contribution in [2.24, 2.45) is 0 Å². The predicted molar refractivity (Wildman–Crippen MR) is 133 cm³/mol. The Balaban J connectivity index is 1.41. The average molecular weight is 493 g/mol. The van der Waals surface area contributed by atoms with E-state index in [9.17, 15) is 4.79 Å². The van der Waals surface area contributed by atoms with E-state index < -0.39 is 6.29 Å². The zero-order chi connectivity index (χ0) is 24.9. The fraction of sp³-hybridized carbons (Fsp3) is 0.360. The number of para-hydroxylation sites is 1. The van der Waals surface area contributed by atoms with Crippen molar-refractivity contribution in [3.8, 4) is 17.1 Å². The number of hydrogen-bond donors (Lipinski definition) is 2. The second kappa shape index (κ2) is 10.9. The summed E-state index contributed by atoms with van der Waals surface area (Å²) in [6, 6.07) is 12.3. The van der Waals surface area contributed by atoms with Crippen LogP contribution in [0.15, 0.2) is 48.7 Å². The van der Waals surface area contributed by atoms with Crippen LogP contribution in [-0.4, -0.2) is 60.2 Å². The number of pyridine rings is 1. The highest BCUT2D eigenvalue weighted by molar-refractivity contribution is 5.99. The molecule has 36 heavy (non-hydrogen) atoms. The molecule has 5 rings (SSSR count). The molecule has 2 amide bonds. The predicted octanol–water partition coefficient (Wildman–Crippen LogP) is 3.81. The summed E-state index contributed by atoms with van der Waals surface area (Å²) in [4.78, 5) is 28.4. The first-order valence-corrected chi connectivity index (χ1v) is 11.9. The van der Waals surface area contributed by atoms with Gasteiger partial charge >= 0.3 is 6.03 Å². The van der Waals surface area contributed by atoms with Crippen molar-refractivity contribution >= 4 is 23.4 Å². The molecule has 0 radical (unpaired) electrons. The Labute approximate surface area is 208 Å². The topological polar surface area (TPSA) is 120 Å². The van der Waals surface area contributed by atoms with Gasteiger partial charge in [0.2, 0.25) is 6.29 Å². The summed E-state index contributed by atoms with van der Waals surface area (Å²) in [5, 5.41) is 5.49. The zero-order valence-corrected chi connectivity index (χ0v) is 20.1. The Morgan fingerprint density at radius 2 is 1.86 bits per heavy atom. The highest BCUT2D eigenvalue weighted by atomic mass is 16.9. The number of carbonyl (C=O) groups is 1. The Kier molecular flexibility index (Phi) is 7.21. The van der Waals surface area contributed by atoms with Gasteiger partial charge in [-0.1, -0.05) is 18.2 Å². The van der Waals surface area contributed by atoms with Crippen molar-refractivity contribution < 1.29 is 23.7 Å². The summed E-state index contributed by atoms with van der Waals surface area (Å²) < 4.78 is 23.0. The third kappa shape index (κ3) is 5.38. The van der Waals surface area contributed by atoms with Gasteiger partial charge in [-0.2, -0.15) is 0 Å². The number of nitrogens with one attached hydrogen (secondary N) is 2. The number of ether oxygens (including phenoxy) is 4. The number of morpholine rings is 1. The third-order valence-electron chi connectivity index (χ3n) is 5.62. The van der Waals surface area contributed by atoms with Gasteiger partial charge in [0, 0.05) is 30.5 Å². The number of aromatic nitrogens is 3. The Bertz CT molecular complexity index is 1180. The van der Waals surface area contributed by atoms with E-state index in [0.29, 0.717) is 73.1 Å². The number of amides is 2. The average Bonchev–Trinajstić information content (AvgIpc) is 2.89. The van der Waals surface area contributed by atoms with E-state index in [1.807, 2.05) is 32.0 Å². The van der Waals surface area contributed by atoms with Crippen LogP contribution in [0.1, 0.15) is 25.8 Å². The molecule has 11 heteroatoms. The van der Waals surface area contributed by atoms with Gasteiger partial charge in [-0.3, -0.25) is 5.32 Å². The van der Waals surface area contributed by atoms with Gasteiger partial charge in [0.1, 0.15) is 11.5 Å². The largest absolute Gasteiger partial charge is 0.488 e. The Morgan fingerprint density at radius 1 is 1.08 bits per heavy atom. The standard InChI is InChI=1S/C25H28N6O5/c1-3-34-21-20(24-35-16(2)36-24)29-22(30-23(21)31-11-13-33-14-12-31)17-9-10-19(26-15-17)28-25(32)27-18-7-5-4-6-8-18/h4-10,15-16,24H,3,11-14H2,1-2H3,(H2,26,27,28,32). The summed E-state index contributed by atoms with van der Waals surface area (Å²) in [5.74, 6) is 2.06. The van der Waals surface area contributed by atoms with Crippen LogP contribution in [0.25, 0.3) is 11.4 Å². The molecule has 2 fully saturated rings. The summed E-state index contributed by atoms with van der Waals surface area (Å²) in [6.07, 6.45) is 0.661. The molecule has 0 bridgehead atoms. The molecular formula is C25H28N6O5. The Hall–Kier alpha value is -3.80. The molecular weight excluding hydrogens is 464 g/mol. The molecule has 188 valence electrons. The van der Waals surface area contributed by atoms with Gasteiger partial charge in [-0.25, -0.2) is 19.7 Å². The number of rotatable bonds is 7. The molecule has 0 unspecified atom stereocenters. The van der Waals surface area contributed by atoms with Crippen LogP contribution >= 0.6 is 0 Å². The lowest BCUT2D eigenvalue weighted by atomic mass is 10.2. The number of nitrogens with zero attached hydrogens (tertiary/aromatic N) is 4. The first-order valence-electron chi connectivity index (χ1n) is 11.9. The highest BCUT2D eigenvalue weighted by Crippen LogP contribution is 2.41. The van der Waals surface area contributed by atoms with Gasteiger partial charge in [0.05, 0.1) is 19.8 Å². The van der Waals surface area contributed by atoms with Crippen LogP contribution in [0.3, 0.4) is 0 Å². The lowest BCUT2D eigenvalue weighted by Crippen LogP contribution is -2.38. The highest BCUT2D eigenvalue weighted by Gasteiger charge is 2.36. The van der Waals surface area contributed by atoms with Crippen molar-refractivity contribution in [3.63, 3.8) is 0 Å². The minimum absolute atomic E-state index is 0.316. The normalized spacial score (nSPS) is 19.3. The van der Waals surface area contributed by atoms with Crippen LogP contribution in [0.4, 0.5) is 22.1 Å². The quantitative estimate of drug-likeness (QED) is 0.507. The first-order chi connectivity index (χ1) is 17.6. The fourth-order valence-corrected chi connectivity index (χ4v) is 3.90. The van der Waals surface area contributed by atoms with Crippen LogP contribution in [-0.2, 0) is 14.2 Å². The smallest absolute Gasteiger partial charge is 0.324 e. The molecule has 11 nitrogen and oxygen atoms in total. The lowest BCUT2D eigenvalue weighted by molar-refractivity contribution is -0.384. The van der Waals surface area contributed by atoms with Gasteiger partial charge < -0.3 is 29.2 Å².